The lowest BCUT2D eigenvalue weighted by Crippen LogP contribution is -2.11. The summed E-state index contributed by atoms with van der Waals surface area (Å²) in [5.74, 6) is -0.786. The van der Waals surface area contributed by atoms with Crippen LogP contribution in [0.5, 0.6) is 0 Å². The number of rotatable bonds is 3. The third-order valence-electron chi connectivity index (χ3n) is 3.29. The standard InChI is InChI=1S/C16H19NO2/c1-16(2,3)12-5-4-11-8-9-17-14(13(11)10-12)6-7-15(18)19/h4-5,8-10H,6-7H2,1-3H3,(H,18,19). The third kappa shape index (κ3) is 3.11. The van der Waals surface area contributed by atoms with Crippen LogP contribution in [0.4, 0.5) is 0 Å². The molecular formula is C16H19NO2. The van der Waals surface area contributed by atoms with Gasteiger partial charge in [0, 0.05) is 23.7 Å². The van der Waals surface area contributed by atoms with Crippen molar-refractivity contribution in [2.75, 3.05) is 0 Å². The van der Waals surface area contributed by atoms with E-state index in [4.69, 9.17) is 5.11 Å². The second-order valence-electron chi connectivity index (χ2n) is 5.84. The highest BCUT2D eigenvalue weighted by Gasteiger charge is 2.15. The molecule has 19 heavy (non-hydrogen) atoms. The van der Waals surface area contributed by atoms with Gasteiger partial charge in [0.1, 0.15) is 0 Å². The van der Waals surface area contributed by atoms with Gasteiger partial charge in [0.25, 0.3) is 0 Å². The minimum atomic E-state index is -0.786. The van der Waals surface area contributed by atoms with Gasteiger partial charge in [-0.2, -0.15) is 0 Å². The van der Waals surface area contributed by atoms with Crippen LogP contribution < -0.4 is 0 Å². The largest absolute Gasteiger partial charge is 0.481 e. The summed E-state index contributed by atoms with van der Waals surface area (Å²) in [5, 5.41) is 11.0. The van der Waals surface area contributed by atoms with Crippen molar-refractivity contribution < 1.29 is 9.90 Å². The number of aromatic nitrogens is 1. The van der Waals surface area contributed by atoms with Crippen LogP contribution >= 0.6 is 0 Å². The van der Waals surface area contributed by atoms with Crippen LogP contribution in [0.2, 0.25) is 0 Å². The van der Waals surface area contributed by atoms with Gasteiger partial charge in [-0.1, -0.05) is 32.9 Å². The van der Waals surface area contributed by atoms with Crippen molar-refractivity contribution >= 4 is 16.7 Å². The molecule has 2 rings (SSSR count). The second-order valence-corrected chi connectivity index (χ2v) is 5.84. The summed E-state index contributed by atoms with van der Waals surface area (Å²) in [6.07, 6.45) is 2.34. The molecule has 1 heterocycles. The highest BCUT2D eigenvalue weighted by Crippen LogP contribution is 2.27. The average Bonchev–Trinajstić information content (AvgIpc) is 2.34. The van der Waals surface area contributed by atoms with Crippen LogP contribution in [0.25, 0.3) is 10.8 Å². The first-order valence-corrected chi connectivity index (χ1v) is 6.48. The van der Waals surface area contributed by atoms with E-state index in [1.54, 1.807) is 6.20 Å². The SMILES string of the molecule is CC(C)(C)c1ccc2ccnc(CCC(=O)O)c2c1. The molecule has 3 heteroatoms. The Balaban J connectivity index is 2.49. The van der Waals surface area contributed by atoms with Gasteiger partial charge in [0.15, 0.2) is 0 Å². The maximum absolute atomic E-state index is 10.7. The molecule has 0 atom stereocenters. The topological polar surface area (TPSA) is 50.2 Å². The Morgan fingerprint density at radius 1 is 1.26 bits per heavy atom. The van der Waals surface area contributed by atoms with E-state index in [2.05, 4.69) is 44.0 Å². The lowest BCUT2D eigenvalue weighted by molar-refractivity contribution is -0.136. The van der Waals surface area contributed by atoms with Gasteiger partial charge in [-0.05, 0) is 28.5 Å². The number of fused-ring (bicyclic) bond motifs is 1. The van der Waals surface area contributed by atoms with E-state index in [9.17, 15) is 4.79 Å². The number of hydrogen-bond acceptors (Lipinski definition) is 2. The van der Waals surface area contributed by atoms with Crippen LogP contribution in [0, 0.1) is 0 Å². The van der Waals surface area contributed by atoms with Gasteiger partial charge in [0.2, 0.25) is 0 Å². The average molecular weight is 257 g/mol. The molecule has 2 aromatic rings. The zero-order valence-electron chi connectivity index (χ0n) is 11.6. The number of hydrogen-bond donors (Lipinski definition) is 1. The molecular weight excluding hydrogens is 238 g/mol. The molecule has 1 aromatic carbocycles. The fourth-order valence-corrected chi connectivity index (χ4v) is 2.12. The molecule has 0 aliphatic heterocycles. The Morgan fingerprint density at radius 3 is 2.63 bits per heavy atom. The molecule has 0 aliphatic rings. The number of nitrogens with zero attached hydrogens (tertiary/aromatic N) is 1. The highest BCUT2D eigenvalue weighted by atomic mass is 16.4. The summed E-state index contributed by atoms with van der Waals surface area (Å²) in [5.41, 5.74) is 2.18. The Morgan fingerprint density at radius 2 is 2.00 bits per heavy atom. The summed E-state index contributed by atoms with van der Waals surface area (Å²) < 4.78 is 0. The lowest BCUT2D eigenvalue weighted by Gasteiger charge is -2.20. The Labute approximate surface area is 113 Å². The van der Waals surface area contributed by atoms with Crippen molar-refractivity contribution in [3.8, 4) is 0 Å². The fourth-order valence-electron chi connectivity index (χ4n) is 2.12. The maximum Gasteiger partial charge on any atom is 0.303 e. The number of carboxylic acids is 1. The van der Waals surface area contributed by atoms with E-state index < -0.39 is 5.97 Å². The molecule has 3 nitrogen and oxygen atoms in total. The summed E-state index contributed by atoms with van der Waals surface area (Å²) >= 11 is 0. The van der Waals surface area contributed by atoms with E-state index in [1.807, 2.05) is 6.07 Å². The highest BCUT2D eigenvalue weighted by molar-refractivity contribution is 5.85. The van der Waals surface area contributed by atoms with E-state index in [0.29, 0.717) is 6.42 Å². The van der Waals surface area contributed by atoms with Crippen LogP contribution in [0.1, 0.15) is 38.4 Å². The Kier molecular flexibility index (Phi) is 3.56. The lowest BCUT2D eigenvalue weighted by atomic mass is 9.85. The second kappa shape index (κ2) is 5.00. The number of aryl methyl sites for hydroxylation is 1. The zero-order chi connectivity index (χ0) is 14.0. The Hall–Kier alpha value is -1.90. The number of carbonyl (C=O) groups is 1. The smallest absolute Gasteiger partial charge is 0.303 e. The first kappa shape index (κ1) is 13.5. The van der Waals surface area contributed by atoms with Crippen LogP contribution in [0.15, 0.2) is 30.5 Å². The Bertz CT molecular complexity index is 612. The maximum atomic E-state index is 10.7. The van der Waals surface area contributed by atoms with Crippen LogP contribution in [-0.4, -0.2) is 16.1 Å². The fraction of sp³-hybridized carbons (Fsp3) is 0.375. The summed E-state index contributed by atoms with van der Waals surface area (Å²) in [4.78, 5) is 15.0. The van der Waals surface area contributed by atoms with E-state index in [1.165, 1.54) is 5.56 Å². The van der Waals surface area contributed by atoms with Crippen molar-refractivity contribution in [2.24, 2.45) is 0 Å². The van der Waals surface area contributed by atoms with Crippen molar-refractivity contribution in [1.29, 1.82) is 0 Å². The zero-order valence-corrected chi connectivity index (χ0v) is 11.6. The predicted molar refractivity (Wildman–Crippen MR) is 76.4 cm³/mol. The van der Waals surface area contributed by atoms with Gasteiger partial charge >= 0.3 is 5.97 Å². The van der Waals surface area contributed by atoms with Crippen molar-refractivity contribution in [1.82, 2.24) is 4.98 Å². The van der Waals surface area contributed by atoms with E-state index >= 15 is 0 Å². The van der Waals surface area contributed by atoms with Crippen LogP contribution in [0.3, 0.4) is 0 Å². The molecule has 1 aromatic heterocycles. The summed E-state index contributed by atoms with van der Waals surface area (Å²) in [7, 11) is 0. The van der Waals surface area contributed by atoms with Crippen LogP contribution in [-0.2, 0) is 16.6 Å². The van der Waals surface area contributed by atoms with E-state index in [0.717, 1.165) is 16.5 Å². The first-order valence-electron chi connectivity index (χ1n) is 6.48. The van der Waals surface area contributed by atoms with Gasteiger partial charge < -0.3 is 5.11 Å². The van der Waals surface area contributed by atoms with Crippen molar-refractivity contribution in [3.63, 3.8) is 0 Å². The van der Waals surface area contributed by atoms with Gasteiger partial charge in [-0.15, -0.1) is 0 Å². The number of benzene rings is 1. The third-order valence-corrected chi connectivity index (χ3v) is 3.29. The minimum absolute atomic E-state index is 0.0775. The molecule has 0 saturated heterocycles. The molecule has 100 valence electrons. The van der Waals surface area contributed by atoms with Crippen molar-refractivity contribution in [3.05, 3.63) is 41.7 Å². The predicted octanol–water partition coefficient (Wildman–Crippen LogP) is 3.55. The van der Waals surface area contributed by atoms with Gasteiger partial charge in [-0.25, -0.2) is 0 Å². The quantitative estimate of drug-likeness (QED) is 0.914. The molecule has 0 saturated carbocycles. The number of carboxylic acid groups (broad SMARTS) is 1. The number of aliphatic carboxylic acids is 1. The van der Waals surface area contributed by atoms with Gasteiger partial charge in [0.05, 0.1) is 6.42 Å². The molecule has 0 amide bonds. The molecule has 0 spiro atoms. The summed E-state index contributed by atoms with van der Waals surface area (Å²) in [6, 6.07) is 8.32. The summed E-state index contributed by atoms with van der Waals surface area (Å²) in [6.45, 7) is 6.50. The molecule has 0 unspecified atom stereocenters. The number of pyridine rings is 1. The van der Waals surface area contributed by atoms with Gasteiger partial charge in [-0.3, -0.25) is 9.78 Å². The molecule has 0 radical (unpaired) electrons. The first-order chi connectivity index (χ1) is 8.88. The molecule has 0 fully saturated rings. The molecule has 0 bridgehead atoms. The molecule has 1 N–H and O–H groups in total. The minimum Gasteiger partial charge on any atom is -0.481 e. The normalized spacial score (nSPS) is 11.7. The van der Waals surface area contributed by atoms with Crippen molar-refractivity contribution in [2.45, 2.75) is 39.0 Å². The monoisotopic (exact) mass is 257 g/mol. The van der Waals surface area contributed by atoms with E-state index in [-0.39, 0.29) is 11.8 Å². The molecule has 0 aliphatic carbocycles.